The highest BCUT2D eigenvalue weighted by Gasteiger charge is 2.39. The molecule has 4 atom stereocenters. The number of nitrogens with one attached hydrogen (secondary N) is 1. The fourth-order valence-electron chi connectivity index (χ4n) is 2.15. The van der Waals surface area contributed by atoms with Crippen LogP contribution in [0.25, 0.3) is 11.0 Å². The molecule has 2 heterocycles. The molecule has 0 radical (unpaired) electrons. The van der Waals surface area contributed by atoms with Crippen LogP contribution in [-0.2, 0) is 4.74 Å². The maximum atomic E-state index is 9.89. The second kappa shape index (κ2) is 4.33. The van der Waals surface area contributed by atoms with E-state index in [0.29, 0.717) is 5.82 Å². The summed E-state index contributed by atoms with van der Waals surface area (Å²) in [6, 6.07) is 7.45. The predicted molar refractivity (Wildman–Crippen MR) is 62.8 cm³/mol. The summed E-state index contributed by atoms with van der Waals surface area (Å²) >= 11 is 0. The van der Waals surface area contributed by atoms with Gasteiger partial charge in [-0.1, -0.05) is 12.1 Å². The van der Waals surface area contributed by atoms with Crippen molar-refractivity contribution >= 4 is 11.0 Å². The number of aromatic nitrogens is 2. The van der Waals surface area contributed by atoms with Crippen LogP contribution < -0.4 is 0 Å². The molecular formula is C12H14N2O4. The van der Waals surface area contributed by atoms with Gasteiger partial charge in [0.1, 0.15) is 30.2 Å². The Morgan fingerprint density at radius 2 is 1.94 bits per heavy atom. The van der Waals surface area contributed by atoms with Crippen molar-refractivity contribution in [2.75, 3.05) is 6.61 Å². The summed E-state index contributed by atoms with van der Waals surface area (Å²) < 4.78 is 5.33. The van der Waals surface area contributed by atoms with E-state index in [1.54, 1.807) is 0 Å². The Labute approximate surface area is 103 Å². The Hall–Kier alpha value is -1.47. The van der Waals surface area contributed by atoms with Gasteiger partial charge in [0.15, 0.2) is 0 Å². The highest BCUT2D eigenvalue weighted by atomic mass is 16.5. The van der Waals surface area contributed by atoms with Crippen molar-refractivity contribution in [2.45, 2.75) is 24.4 Å². The number of fused-ring (bicyclic) bond motifs is 1. The first kappa shape index (κ1) is 11.6. The molecule has 1 aromatic carbocycles. The standard InChI is InChI=1S/C12H14N2O4/c15-8-5-18-11(10(17)9(8)16)12-13-6-3-1-2-4-7(6)14-12/h1-4,8-11,15-17H,5H2,(H,13,14)/t8-,9-,10+,11+/m1/s1. The number of para-hydroxylation sites is 2. The molecule has 18 heavy (non-hydrogen) atoms. The molecule has 4 N–H and O–H groups in total. The van der Waals surface area contributed by atoms with Crippen molar-refractivity contribution in [1.29, 1.82) is 0 Å². The molecule has 0 unspecified atom stereocenters. The van der Waals surface area contributed by atoms with Crippen LogP contribution in [0.1, 0.15) is 11.9 Å². The van der Waals surface area contributed by atoms with Crippen LogP contribution >= 0.6 is 0 Å². The first-order valence-electron chi connectivity index (χ1n) is 5.77. The summed E-state index contributed by atoms with van der Waals surface area (Å²) in [6.45, 7) is -0.0278. The third-order valence-corrected chi connectivity index (χ3v) is 3.18. The zero-order chi connectivity index (χ0) is 12.7. The molecule has 0 spiro atoms. The third kappa shape index (κ3) is 1.79. The third-order valence-electron chi connectivity index (χ3n) is 3.18. The molecule has 1 saturated heterocycles. The first-order valence-corrected chi connectivity index (χ1v) is 5.77. The van der Waals surface area contributed by atoms with Crippen LogP contribution in [0.4, 0.5) is 0 Å². The fraction of sp³-hybridized carbons (Fsp3) is 0.417. The topological polar surface area (TPSA) is 98.6 Å². The lowest BCUT2D eigenvalue weighted by Gasteiger charge is -2.34. The Kier molecular flexibility index (Phi) is 2.79. The lowest BCUT2D eigenvalue weighted by Crippen LogP contribution is -2.49. The number of hydrogen-bond acceptors (Lipinski definition) is 5. The Bertz CT molecular complexity index is 523. The summed E-state index contributed by atoms with van der Waals surface area (Å²) in [5.41, 5.74) is 1.60. The lowest BCUT2D eigenvalue weighted by atomic mass is 10.00. The molecule has 96 valence electrons. The lowest BCUT2D eigenvalue weighted by molar-refractivity contribution is -0.191. The Morgan fingerprint density at radius 1 is 1.17 bits per heavy atom. The summed E-state index contributed by atoms with van der Waals surface area (Å²) in [4.78, 5) is 7.36. The number of aromatic amines is 1. The number of ether oxygens (including phenoxy) is 1. The van der Waals surface area contributed by atoms with E-state index >= 15 is 0 Å². The molecule has 6 nitrogen and oxygen atoms in total. The van der Waals surface area contributed by atoms with Crippen molar-refractivity contribution in [3.63, 3.8) is 0 Å². The minimum atomic E-state index is -1.23. The molecule has 6 heteroatoms. The van der Waals surface area contributed by atoms with Gasteiger partial charge in [-0.3, -0.25) is 0 Å². The van der Waals surface area contributed by atoms with E-state index in [9.17, 15) is 15.3 Å². The van der Waals surface area contributed by atoms with Crippen molar-refractivity contribution in [2.24, 2.45) is 0 Å². The maximum Gasteiger partial charge on any atom is 0.144 e. The normalized spacial score (nSPS) is 32.8. The minimum Gasteiger partial charge on any atom is -0.388 e. The summed E-state index contributed by atoms with van der Waals surface area (Å²) in [5, 5.41) is 28.9. The molecule has 0 amide bonds. The summed E-state index contributed by atoms with van der Waals surface area (Å²) in [5.74, 6) is 0.453. The molecule has 1 aliphatic rings. The van der Waals surface area contributed by atoms with Gasteiger partial charge in [-0.05, 0) is 12.1 Å². The maximum absolute atomic E-state index is 9.89. The van der Waals surface area contributed by atoms with Crippen molar-refractivity contribution in [3.05, 3.63) is 30.1 Å². The van der Waals surface area contributed by atoms with Gasteiger partial charge in [0, 0.05) is 0 Å². The van der Waals surface area contributed by atoms with Crippen molar-refractivity contribution in [1.82, 2.24) is 9.97 Å². The molecule has 0 bridgehead atoms. The van der Waals surface area contributed by atoms with Gasteiger partial charge in [-0.25, -0.2) is 4.98 Å². The van der Waals surface area contributed by atoms with Gasteiger partial charge in [0.05, 0.1) is 17.6 Å². The molecule has 0 saturated carbocycles. The molecule has 1 fully saturated rings. The zero-order valence-electron chi connectivity index (χ0n) is 9.52. The quantitative estimate of drug-likeness (QED) is 0.558. The molecule has 1 aromatic heterocycles. The number of aliphatic hydroxyl groups is 3. The van der Waals surface area contributed by atoms with Crippen LogP contribution in [0, 0.1) is 0 Å². The molecule has 1 aliphatic heterocycles. The number of H-pyrrole nitrogens is 1. The van der Waals surface area contributed by atoms with Crippen molar-refractivity contribution in [3.8, 4) is 0 Å². The van der Waals surface area contributed by atoms with Gasteiger partial charge in [-0.15, -0.1) is 0 Å². The highest BCUT2D eigenvalue weighted by Crippen LogP contribution is 2.28. The van der Waals surface area contributed by atoms with Crippen LogP contribution in [0.15, 0.2) is 24.3 Å². The zero-order valence-corrected chi connectivity index (χ0v) is 9.52. The fourth-order valence-corrected chi connectivity index (χ4v) is 2.15. The number of nitrogens with zero attached hydrogens (tertiary/aromatic N) is 1. The average molecular weight is 250 g/mol. The largest absolute Gasteiger partial charge is 0.388 e. The van der Waals surface area contributed by atoms with Crippen LogP contribution in [0.3, 0.4) is 0 Å². The molecule has 3 rings (SSSR count). The van der Waals surface area contributed by atoms with E-state index in [1.807, 2.05) is 24.3 Å². The average Bonchev–Trinajstić information content (AvgIpc) is 2.79. The van der Waals surface area contributed by atoms with Gasteiger partial charge < -0.3 is 25.0 Å². The number of benzene rings is 1. The van der Waals surface area contributed by atoms with E-state index in [4.69, 9.17) is 4.74 Å². The second-order valence-electron chi connectivity index (χ2n) is 4.44. The minimum absolute atomic E-state index is 0.0278. The number of hydrogen-bond donors (Lipinski definition) is 4. The molecule has 2 aromatic rings. The number of aliphatic hydroxyl groups excluding tert-OH is 3. The number of imidazole rings is 1. The monoisotopic (exact) mass is 250 g/mol. The Morgan fingerprint density at radius 3 is 2.72 bits per heavy atom. The van der Waals surface area contributed by atoms with Gasteiger partial charge in [-0.2, -0.15) is 0 Å². The van der Waals surface area contributed by atoms with E-state index in [-0.39, 0.29) is 6.61 Å². The van der Waals surface area contributed by atoms with E-state index in [2.05, 4.69) is 9.97 Å². The molecular weight excluding hydrogens is 236 g/mol. The van der Waals surface area contributed by atoms with Gasteiger partial charge >= 0.3 is 0 Å². The van der Waals surface area contributed by atoms with Crippen molar-refractivity contribution < 1.29 is 20.1 Å². The highest BCUT2D eigenvalue weighted by molar-refractivity contribution is 5.74. The van der Waals surface area contributed by atoms with E-state index in [0.717, 1.165) is 11.0 Å². The van der Waals surface area contributed by atoms with Crippen LogP contribution in [0.5, 0.6) is 0 Å². The molecule has 0 aliphatic carbocycles. The SMILES string of the molecule is O[C@H]1[C@H](O)[C@@H](c2nc3ccccc3[nH]2)OC[C@H]1O. The van der Waals surface area contributed by atoms with Crippen LogP contribution in [-0.4, -0.2) is 50.2 Å². The predicted octanol–water partition coefficient (Wildman–Crippen LogP) is -0.283. The van der Waals surface area contributed by atoms with Gasteiger partial charge in [0.2, 0.25) is 0 Å². The van der Waals surface area contributed by atoms with Crippen LogP contribution in [0.2, 0.25) is 0 Å². The second-order valence-corrected chi connectivity index (χ2v) is 4.44. The first-order chi connectivity index (χ1) is 8.66. The Balaban J connectivity index is 1.94. The smallest absolute Gasteiger partial charge is 0.144 e. The summed E-state index contributed by atoms with van der Waals surface area (Å²) in [6.07, 6.45) is -4.25. The summed E-state index contributed by atoms with van der Waals surface area (Å²) in [7, 11) is 0. The number of rotatable bonds is 1. The van der Waals surface area contributed by atoms with Gasteiger partial charge in [0.25, 0.3) is 0 Å². The van der Waals surface area contributed by atoms with E-state index < -0.39 is 24.4 Å². The van der Waals surface area contributed by atoms with E-state index in [1.165, 1.54) is 0 Å².